The maximum Gasteiger partial charge on any atom is 0.328 e. The van der Waals surface area contributed by atoms with Crippen LogP contribution in [0.2, 0.25) is 0 Å². The van der Waals surface area contributed by atoms with E-state index in [0.29, 0.717) is 11.3 Å². The molecule has 2 N–H and O–H groups in total. The van der Waals surface area contributed by atoms with Crippen LogP contribution in [0.1, 0.15) is 18.1 Å². The lowest BCUT2D eigenvalue weighted by molar-refractivity contribution is -0.131. The van der Waals surface area contributed by atoms with Crippen molar-refractivity contribution in [3.63, 3.8) is 0 Å². The minimum Gasteiger partial charge on any atom is -0.478 e. The second kappa shape index (κ2) is 7.18. The van der Waals surface area contributed by atoms with Crippen LogP contribution in [0.4, 0.5) is 4.39 Å². The monoisotopic (exact) mass is 270 g/mol. The van der Waals surface area contributed by atoms with Crippen LogP contribution < -0.4 is 0 Å². The van der Waals surface area contributed by atoms with Gasteiger partial charge in [0.2, 0.25) is 0 Å². The Morgan fingerprint density at radius 2 is 2.22 bits per heavy atom. The highest BCUT2D eigenvalue weighted by Crippen LogP contribution is 2.20. The fraction of sp³-hybridized carbons (Fsp3) is 0.308. The summed E-state index contributed by atoms with van der Waals surface area (Å²) in [6, 6.07) is 4.43. The molecule has 0 amide bonds. The molecule has 0 radical (unpaired) electrons. The standard InChI is InChI=1S/C13H15FO3S/c1-9(7-15)18-8-11-4-10(2-3-13(16)17)5-12(14)6-11/h2-6,9,15H,7-8H2,1H3,(H,16,17)/b3-2+. The predicted octanol–water partition coefficient (Wildman–Crippen LogP) is 2.54. The van der Waals surface area contributed by atoms with Gasteiger partial charge in [-0.15, -0.1) is 0 Å². The number of hydrogen-bond acceptors (Lipinski definition) is 3. The van der Waals surface area contributed by atoms with Gasteiger partial charge in [0, 0.05) is 17.1 Å². The molecule has 3 nitrogen and oxygen atoms in total. The highest BCUT2D eigenvalue weighted by atomic mass is 32.2. The first kappa shape index (κ1) is 14.7. The number of carbonyl (C=O) groups is 1. The number of rotatable bonds is 6. The summed E-state index contributed by atoms with van der Waals surface area (Å²) in [6.07, 6.45) is 2.33. The van der Waals surface area contributed by atoms with Crippen molar-refractivity contribution in [1.82, 2.24) is 0 Å². The highest BCUT2D eigenvalue weighted by molar-refractivity contribution is 7.99. The lowest BCUT2D eigenvalue weighted by Crippen LogP contribution is -2.02. The zero-order chi connectivity index (χ0) is 13.5. The van der Waals surface area contributed by atoms with E-state index in [-0.39, 0.29) is 11.9 Å². The highest BCUT2D eigenvalue weighted by Gasteiger charge is 2.04. The van der Waals surface area contributed by atoms with Crippen molar-refractivity contribution in [3.05, 3.63) is 41.2 Å². The average Bonchev–Trinajstić information content (AvgIpc) is 2.33. The molecule has 1 unspecified atom stereocenters. The number of hydrogen-bond donors (Lipinski definition) is 2. The van der Waals surface area contributed by atoms with E-state index < -0.39 is 11.8 Å². The molecule has 98 valence electrons. The molecular formula is C13H15FO3S. The van der Waals surface area contributed by atoms with E-state index in [9.17, 15) is 9.18 Å². The Bertz CT molecular complexity index is 446. The van der Waals surface area contributed by atoms with E-state index in [2.05, 4.69) is 0 Å². The fourth-order valence-electron chi connectivity index (χ4n) is 1.31. The number of carboxylic acid groups (broad SMARTS) is 1. The van der Waals surface area contributed by atoms with E-state index in [1.807, 2.05) is 6.92 Å². The van der Waals surface area contributed by atoms with Gasteiger partial charge >= 0.3 is 5.97 Å². The molecule has 0 aliphatic carbocycles. The van der Waals surface area contributed by atoms with Crippen molar-refractivity contribution in [2.45, 2.75) is 17.9 Å². The molecular weight excluding hydrogens is 255 g/mol. The van der Waals surface area contributed by atoms with Gasteiger partial charge in [0.1, 0.15) is 5.82 Å². The molecule has 5 heteroatoms. The first-order valence-electron chi connectivity index (χ1n) is 5.44. The molecule has 1 atom stereocenters. The molecule has 18 heavy (non-hydrogen) atoms. The van der Waals surface area contributed by atoms with Crippen molar-refractivity contribution >= 4 is 23.8 Å². The largest absolute Gasteiger partial charge is 0.478 e. The van der Waals surface area contributed by atoms with Gasteiger partial charge in [-0.2, -0.15) is 11.8 Å². The summed E-state index contributed by atoms with van der Waals surface area (Å²) in [6.45, 7) is 1.96. The summed E-state index contributed by atoms with van der Waals surface area (Å²) in [4.78, 5) is 10.4. The lowest BCUT2D eigenvalue weighted by atomic mass is 10.1. The van der Waals surface area contributed by atoms with Gasteiger partial charge in [0.05, 0.1) is 6.61 Å². The van der Waals surface area contributed by atoms with Gasteiger partial charge in [0.25, 0.3) is 0 Å². The van der Waals surface area contributed by atoms with Gasteiger partial charge in [-0.3, -0.25) is 0 Å². The Balaban J connectivity index is 2.77. The van der Waals surface area contributed by atoms with Crippen LogP contribution in [0.5, 0.6) is 0 Å². The van der Waals surface area contributed by atoms with E-state index in [0.717, 1.165) is 11.6 Å². The summed E-state index contributed by atoms with van der Waals surface area (Å²) >= 11 is 1.51. The molecule has 0 heterocycles. The first-order valence-corrected chi connectivity index (χ1v) is 6.49. The molecule has 0 fully saturated rings. The molecule has 0 spiro atoms. The van der Waals surface area contributed by atoms with E-state index >= 15 is 0 Å². The number of halogens is 1. The Morgan fingerprint density at radius 1 is 1.50 bits per heavy atom. The van der Waals surface area contributed by atoms with Gasteiger partial charge < -0.3 is 10.2 Å². The normalized spacial score (nSPS) is 12.8. The van der Waals surface area contributed by atoms with Gasteiger partial charge in [0.15, 0.2) is 0 Å². The number of aliphatic carboxylic acids is 1. The van der Waals surface area contributed by atoms with Crippen LogP contribution >= 0.6 is 11.8 Å². The topological polar surface area (TPSA) is 57.5 Å². The van der Waals surface area contributed by atoms with Gasteiger partial charge in [-0.1, -0.05) is 13.0 Å². The molecule has 0 saturated heterocycles. The van der Waals surface area contributed by atoms with Crippen LogP contribution in [0.25, 0.3) is 6.08 Å². The van der Waals surface area contributed by atoms with Crippen LogP contribution in [0, 0.1) is 5.82 Å². The quantitative estimate of drug-likeness (QED) is 0.780. The second-order valence-corrected chi connectivity index (χ2v) is 5.30. The van der Waals surface area contributed by atoms with E-state index in [1.165, 1.54) is 30.0 Å². The van der Waals surface area contributed by atoms with Crippen LogP contribution in [0.15, 0.2) is 24.3 Å². The molecule has 1 aromatic rings. The Labute approximate surface area is 109 Å². The lowest BCUT2D eigenvalue weighted by Gasteiger charge is -2.08. The molecule has 0 bridgehead atoms. The predicted molar refractivity (Wildman–Crippen MR) is 70.9 cm³/mol. The van der Waals surface area contributed by atoms with Crippen LogP contribution in [0.3, 0.4) is 0 Å². The van der Waals surface area contributed by atoms with Crippen molar-refractivity contribution in [1.29, 1.82) is 0 Å². The maximum atomic E-state index is 13.3. The smallest absolute Gasteiger partial charge is 0.328 e. The summed E-state index contributed by atoms with van der Waals surface area (Å²) in [5.74, 6) is -0.883. The van der Waals surface area contributed by atoms with Crippen molar-refractivity contribution < 1.29 is 19.4 Å². The Kier molecular flexibility index (Phi) is 5.88. The maximum absolute atomic E-state index is 13.3. The average molecular weight is 270 g/mol. The second-order valence-electron chi connectivity index (χ2n) is 3.87. The van der Waals surface area contributed by atoms with Gasteiger partial charge in [-0.05, 0) is 29.3 Å². The van der Waals surface area contributed by atoms with Crippen molar-refractivity contribution in [3.8, 4) is 0 Å². The Morgan fingerprint density at radius 3 is 2.83 bits per heavy atom. The van der Waals surface area contributed by atoms with Crippen LogP contribution in [-0.2, 0) is 10.5 Å². The number of benzene rings is 1. The van der Waals surface area contributed by atoms with Gasteiger partial charge in [-0.25, -0.2) is 9.18 Å². The number of thioether (sulfide) groups is 1. The number of aliphatic hydroxyl groups excluding tert-OH is 1. The SMILES string of the molecule is CC(CO)SCc1cc(F)cc(/C=C/C(=O)O)c1. The minimum atomic E-state index is -1.07. The van der Waals surface area contributed by atoms with E-state index in [1.54, 1.807) is 6.07 Å². The minimum absolute atomic E-state index is 0.0752. The fourth-order valence-corrected chi connectivity index (χ4v) is 2.06. The zero-order valence-corrected chi connectivity index (χ0v) is 10.8. The summed E-state index contributed by atoms with van der Waals surface area (Å²) < 4.78 is 13.3. The first-order chi connectivity index (χ1) is 8.51. The van der Waals surface area contributed by atoms with Crippen LogP contribution in [-0.4, -0.2) is 28.0 Å². The summed E-state index contributed by atoms with van der Waals surface area (Å²) in [5, 5.41) is 17.5. The molecule has 0 saturated carbocycles. The third kappa shape index (κ3) is 5.33. The summed E-state index contributed by atoms with van der Waals surface area (Å²) in [7, 11) is 0. The summed E-state index contributed by atoms with van der Waals surface area (Å²) in [5.41, 5.74) is 1.29. The molecule has 0 aromatic heterocycles. The number of aliphatic hydroxyl groups is 1. The third-order valence-corrected chi connectivity index (χ3v) is 3.41. The van der Waals surface area contributed by atoms with Crippen molar-refractivity contribution in [2.75, 3.05) is 6.61 Å². The Hall–Kier alpha value is -1.33. The van der Waals surface area contributed by atoms with E-state index in [4.69, 9.17) is 10.2 Å². The zero-order valence-electron chi connectivity index (χ0n) is 9.97. The molecule has 1 aromatic carbocycles. The molecule has 0 aliphatic heterocycles. The third-order valence-electron chi connectivity index (χ3n) is 2.19. The number of carboxylic acids is 1. The van der Waals surface area contributed by atoms with Crippen molar-refractivity contribution in [2.24, 2.45) is 0 Å². The molecule has 1 rings (SSSR count). The molecule has 0 aliphatic rings.